The van der Waals surface area contributed by atoms with Gasteiger partial charge in [0.2, 0.25) is 11.8 Å². The second kappa shape index (κ2) is 5.15. The number of carbonyl (C=O) groups excluding carboxylic acids is 2. The van der Waals surface area contributed by atoms with E-state index in [0.717, 1.165) is 35.7 Å². The van der Waals surface area contributed by atoms with Crippen LogP contribution in [0.2, 0.25) is 5.02 Å². The molecule has 0 bridgehead atoms. The molecule has 2 amide bonds. The van der Waals surface area contributed by atoms with E-state index in [0.29, 0.717) is 10.7 Å². The van der Waals surface area contributed by atoms with Gasteiger partial charge < -0.3 is 0 Å². The van der Waals surface area contributed by atoms with E-state index < -0.39 is 0 Å². The molecule has 0 spiro atoms. The third-order valence-electron chi connectivity index (χ3n) is 4.32. The van der Waals surface area contributed by atoms with Crippen molar-refractivity contribution in [2.45, 2.75) is 32.6 Å². The second-order valence-corrected chi connectivity index (χ2v) is 6.82. The van der Waals surface area contributed by atoms with Gasteiger partial charge in [0.25, 0.3) is 0 Å². The van der Waals surface area contributed by atoms with E-state index in [2.05, 4.69) is 15.9 Å². The number of amides is 2. The SMILES string of the molecule is Cc1cc(Br)c(Cl)cc1N1C(=O)[C@@H]2CCCC[C@H]2C1=O. The summed E-state index contributed by atoms with van der Waals surface area (Å²) in [6, 6.07) is 3.55. The number of halogens is 2. The van der Waals surface area contributed by atoms with Gasteiger partial charge >= 0.3 is 0 Å². The van der Waals surface area contributed by atoms with Crippen molar-refractivity contribution in [2.24, 2.45) is 11.8 Å². The Balaban J connectivity index is 2.04. The lowest BCUT2D eigenvalue weighted by Gasteiger charge is -2.19. The number of rotatable bonds is 1. The molecule has 1 heterocycles. The molecule has 1 aromatic carbocycles. The number of hydrogen-bond acceptors (Lipinski definition) is 2. The van der Waals surface area contributed by atoms with Gasteiger partial charge in [0, 0.05) is 4.47 Å². The molecule has 0 unspecified atom stereocenters. The molecule has 20 heavy (non-hydrogen) atoms. The molecule has 0 N–H and O–H groups in total. The van der Waals surface area contributed by atoms with Crippen molar-refractivity contribution >= 4 is 45.0 Å². The van der Waals surface area contributed by atoms with E-state index in [1.54, 1.807) is 6.07 Å². The number of benzene rings is 1. The van der Waals surface area contributed by atoms with E-state index in [4.69, 9.17) is 11.6 Å². The maximum Gasteiger partial charge on any atom is 0.237 e. The lowest BCUT2D eigenvalue weighted by atomic mass is 9.81. The van der Waals surface area contributed by atoms with Crippen LogP contribution in [0.15, 0.2) is 16.6 Å². The van der Waals surface area contributed by atoms with E-state index in [9.17, 15) is 9.59 Å². The van der Waals surface area contributed by atoms with Crippen LogP contribution in [-0.4, -0.2) is 11.8 Å². The highest BCUT2D eigenvalue weighted by Gasteiger charge is 2.49. The lowest BCUT2D eigenvalue weighted by Crippen LogP contribution is -2.31. The average Bonchev–Trinajstić information content (AvgIpc) is 2.68. The van der Waals surface area contributed by atoms with Crippen LogP contribution in [0, 0.1) is 18.8 Å². The number of hydrogen-bond donors (Lipinski definition) is 0. The van der Waals surface area contributed by atoms with Crippen LogP contribution < -0.4 is 4.90 Å². The van der Waals surface area contributed by atoms with Gasteiger partial charge in [0.05, 0.1) is 22.5 Å². The van der Waals surface area contributed by atoms with Crippen LogP contribution >= 0.6 is 27.5 Å². The fourth-order valence-corrected chi connectivity index (χ4v) is 3.89. The Morgan fingerprint density at radius 2 is 1.70 bits per heavy atom. The molecule has 2 atom stereocenters. The molecule has 1 saturated heterocycles. The Morgan fingerprint density at radius 3 is 2.25 bits per heavy atom. The van der Waals surface area contributed by atoms with Crippen molar-refractivity contribution in [1.82, 2.24) is 0 Å². The minimum absolute atomic E-state index is 0.0545. The topological polar surface area (TPSA) is 37.4 Å². The van der Waals surface area contributed by atoms with E-state index in [1.165, 1.54) is 4.90 Å². The largest absolute Gasteiger partial charge is 0.274 e. The molecular formula is C15H15BrClNO2. The summed E-state index contributed by atoms with van der Waals surface area (Å²) in [6.07, 6.45) is 3.73. The third kappa shape index (κ3) is 2.09. The summed E-state index contributed by atoms with van der Waals surface area (Å²) in [7, 11) is 0. The standard InChI is InChI=1S/C15H15BrClNO2/c1-8-6-11(16)12(17)7-13(8)18-14(19)9-4-2-3-5-10(9)15(18)20/h6-7,9-10H,2-5H2,1H3/t9-,10-/m1/s1. The minimum Gasteiger partial charge on any atom is -0.274 e. The lowest BCUT2D eigenvalue weighted by molar-refractivity contribution is -0.122. The van der Waals surface area contributed by atoms with E-state index >= 15 is 0 Å². The first kappa shape index (κ1) is 14.1. The van der Waals surface area contributed by atoms with E-state index in [-0.39, 0.29) is 23.7 Å². The maximum atomic E-state index is 12.5. The van der Waals surface area contributed by atoms with Gasteiger partial charge in [0.1, 0.15) is 0 Å². The van der Waals surface area contributed by atoms with Crippen molar-refractivity contribution in [3.05, 3.63) is 27.2 Å². The molecule has 106 valence electrons. The molecule has 5 heteroatoms. The minimum atomic E-state index is -0.127. The maximum absolute atomic E-state index is 12.5. The molecule has 0 aromatic heterocycles. The van der Waals surface area contributed by atoms with Gasteiger partial charge in [-0.05, 0) is 53.4 Å². The van der Waals surface area contributed by atoms with Crippen molar-refractivity contribution in [1.29, 1.82) is 0 Å². The monoisotopic (exact) mass is 355 g/mol. The Morgan fingerprint density at radius 1 is 1.15 bits per heavy atom. The Kier molecular flexibility index (Phi) is 3.63. The zero-order valence-corrected chi connectivity index (χ0v) is 13.5. The molecule has 2 fully saturated rings. The van der Waals surface area contributed by atoms with Crippen molar-refractivity contribution in [3.63, 3.8) is 0 Å². The molecule has 3 nitrogen and oxygen atoms in total. The summed E-state index contributed by atoms with van der Waals surface area (Å²) in [6.45, 7) is 1.89. The number of aryl methyl sites for hydroxylation is 1. The van der Waals surface area contributed by atoms with Gasteiger partial charge in [-0.1, -0.05) is 24.4 Å². The first-order valence-corrected chi connectivity index (χ1v) is 8.01. The first-order valence-electron chi connectivity index (χ1n) is 6.84. The molecule has 1 aromatic rings. The highest BCUT2D eigenvalue weighted by molar-refractivity contribution is 9.10. The summed E-state index contributed by atoms with van der Waals surface area (Å²) in [5.74, 6) is -0.362. The Hall–Kier alpha value is -0.870. The van der Waals surface area contributed by atoms with Crippen LogP contribution in [0.25, 0.3) is 0 Å². The van der Waals surface area contributed by atoms with Gasteiger partial charge in [-0.15, -0.1) is 0 Å². The van der Waals surface area contributed by atoms with E-state index in [1.807, 2.05) is 13.0 Å². The van der Waals surface area contributed by atoms with Crippen LogP contribution in [0.4, 0.5) is 5.69 Å². The average molecular weight is 357 g/mol. The van der Waals surface area contributed by atoms with Gasteiger partial charge in [0.15, 0.2) is 0 Å². The smallest absolute Gasteiger partial charge is 0.237 e. The summed E-state index contributed by atoms with van der Waals surface area (Å²) in [5.41, 5.74) is 1.50. The fourth-order valence-electron chi connectivity index (χ4n) is 3.28. The van der Waals surface area contributed by atoms with Crippen LogP contribution in [0.5, 0.6) is 0 Å². The normalized spacial score (nSPS) is 26.1. The van der Waals surface area contributed by atoms with Crippen LogP contribution in [0.3, 0.4) is 0 Å². The zero-order chi connectivity index (χ0) is 14.4. The Labute approximate surface area is 131 Å². The van der Waals surface area contributed by atoms with Crippen molar-refractivity contribution in [3.8, 4) is 0 Å². The van der Waals surface area contributed by atoms with Gasteiger partial charge in [-0.3, -0.25) is 9.59 Å². The van der Waals surface area contributed by atoms with Gasteiger partial charge in [-0.2, -0.15) is 0 Å². The number of carbonyl (C=O) groups is 2. The predicted molar refractivity (Wildman–Crippen MR) is 81.8 cm³/mol. The number of imide groups is 1. The molecule has 1 aliphatic carbocycles. The molecule has 3 rings (SSSR count). The quantitative estimate of drug-likeness (QED) is 0.711. The third-order valence-corrected chi connectivity index (χ3v) is 5.52. The first-order chi connectivity index (χ1) is 9.50. The number of fused-ring (bicyclic) bond motifs is 1. The highest BCUT2D eigenvalue weighted by Crippen LogP contribution is 2.42. The molecular weight excluding hydrogens is 342 g/mol. The second-order valence-electron chi connectivity index (χ2n) is 5.56. The van der Waals surface area contributed by atoms with Crippen LogP contribution in [-0.2, 0) is 9.59 Å². The van der Waals surface area contributed by atoms with Crippen molar-refractivity contribution in [2.75, 3.05) is 4.90 Å². The van der Waals surface area contributed by atoms with Crippen LogP contribution in [0.1, 0.15) is 31.2 Å². The molecule has 2 aliphatic rings. The molecule has 0 radical (unpaired) electrons. The summed E-state index contributed by atoms with van der Waals surface area (Å²) in [4.78, 5) is 26.5. The summed E-state index contributed by atoms with van der Waals surface area (Å²) < 4.78 is 0.775. The Bertz CT molecular complexity index is 578. The fraction of sp³-hybridized carbons (Fsp3) is 0.467. The predicted octanol–water partition coefficient (Wildman–Crippen LogP) is 4.09. The molecule has 1 aliphatic heterocycles. The highest BCUT2D eigenvalue weighted by atomic mass is 79.9. The molecule has 1 saturated carbocycles. The van der Waals surface area contributed by atoms with Crippen molar-refractivity contribution < 1.29 is 9.59 Å². The number of nitrogens with zero attached hydrogens (tertiary/aromatic N) is 1. The summed E-state index contributed by atoms with van der Waals surface area (Å²) in [5, 5.41) is 0.515. The van der Waals surface area contributed by atoms with Gasteiger partial charge in [-0.25, -0.2) is 4.90 Å². The number of anilines is 1. The zero-order valence-electron chi connectivity index (χ0n) is 11.2. The summed E-state index contributed by atoms with van der Waals surface area (Å²) >= 11 is 9.48.